The molecule has 0 bridgehead atoms. The van der Waals surface area contributed by atoms with E-state index in [1.54, 1.807) is 6.26 Å². The summed E-state index contributed by atoms with van der Waals surface area (Å²) in [5, 5.41) is 3.01. The Morgan fingerprint density at radius 2 is 2.00 bits per heavy atom. The molecule has 1 aromatic carbocycles. The molecule has 1 unspecified atom stereocenters. The third kappa shape index (κ3) is 4.26. The number of rotatable bonds is 7. The number of carbonyl (C=O) groups excluding carboxylic acids is 1. The van der Waals surface area contributed by atoms with Gasteiger partial charge in [0.25, 0.3) is 0 Å². The molecule has 2 rings (SSSR count). The van der Waals surface area contributed by atoms with Gasteiger partial charge in [-0.25, -0.2) is 0 Å². The summed E-state index contributed by atoms with van der Waals surface area (Å²) >= 11 is 0. The molecule has 0 radical (unpaired) electrons. The van der Waals surface area contributed by atoms with E-state index in [-0.39, 0.29) is 5.91 Å². The first kappa shape index (κ1) is 14.4. The number of carbonyl (C=O) groups is 1. The number of benzene rings is 1. The van der Waals surface area contributed by atoms with Crippen LogP contribution in [0, 0.1) is 0 Å². The van der Waals surface area contributed by atoms with Crippen LogP contribution in [0.1, 0.15) is 37.0 Å². The van der Waals surface area contributed by atoms with Gasteiger partial charge in [0.15, 0.2) is 0 Å². The standard InChI is InChI=1S/C17H21NO2/c1-2-14(15-7-4-3-5-8-15)13-18-17(19)11-10-16-9-6-12-20-16/h3-9,12,14H,2,10-11,13H2,1H3,(H,18,19). The van der Waals surface area contributed by atoms with E-state index in [2.05, 4.69) is 24.4 Å². The first-order valence-electron chi connectivity index (χ1n) is 7.13. The molecule has 1 heterocycles. The van der Waals surface area contributed by atoms with Crippen LogP contribution in [0.4, 0.5) is 0 Å². The number of hydrogen-bond acceptors (Lipinski definition) is 2. The topological polar surface area (TPSA) is 42.2 Å². The van der Waals surface area contributed by atoms with Crippen molar-refractivity contribution in [3.8, 4) is 0 Å². The molecule has 0 aliphatic heterocycles. The molecule has 1 amide bonds. The highest BCUT2D eigenvalue weighted by Gasteiger charge is 2.11. The summed E-state index contributed by atoms with van der Waals surface area (Å²) in [6, 6.07) is 14.1. The van der Waals surface area contributed by atoms with E-state index in [1.807, 2.05) is 30.3 Å². The average Bonchev–Trinajstić information content (AvgIpc) is 3.00. The van der Waals surface area contributed by atoms with Crippen molar-refractivity contribution in [3.63, 3.8) is 0 Å². The van der Waals surface area contributed by atoms with Crippen LogP contribution < -0.4 is 5.32 Å². The van der Waals surface area contributed by atoms with Crippen LogP contribution in [0.5, 0.6) is 0 Å². The molecule has 20 heavy (non-hydrogen) atoms. The minimum atomic E-state index is 0.0794. The Balaban J connectivity index is 1.77. The molecular formula is C17H21NO2. The monoisotopic (exact) mass is 271 g/mol. The zero-order valence-corrected chi connectivity index (χ0v) is 11.8. The van der Waals surface area contributed by atoms with Crippen molar-refractivity contribution in [2.75, 3.05) is 6.54 Å². The van der Waals surface area contributed by atoms with Crippen LogP contribution in [0.15, 0.2) is 53.1 Å². The first-order valence-corrected chi connectivity index (χ1v) is 7.13. The fourth-order valence-corrected chi connectivity index (χ4v) is 2.24. The quantitative estimate of drug-likeness (QED) is 0.837. The molecule has 3 heteroatoms. The summed E-state index contributed by atoms with van der Waals surface area (Å²) in [5.41, 5.74) is 1.28. The Bertz CT molecular complexity index is 505. The second-order valence-electron chi connectivity index (χ2n) is 4.90. The van der Waals surface area contributed by atoms with Gasteiger partial charge in [0, 0.05) is 25.3 Å². The normalized spacial score (nSPS) is 12.1. The molecule has 106 valence electrons. The second-order valence-corrected chi connectivity index (χ2v) is 4.90. The number of hydrogen-bond donors (Lipinski definition) is 1. The summed E-state index contributed by atoms with van der Waals surface area (Å²) < 4.78 is 5.22. The highest BCUT2D eigenvalue weighted by molar-refractivity contribution is 5.76. The molecule has 0 spiro atoms. The van der Waals surface area contributed by atoms with E-state index in [9.17, 15) is 4.79 Å². The third-order valence-corrected chi connectivity index (χ3v) is 3.49. The molecule has 0 fully saturated rings. The summed E-state index contributed by atoms with van der Waals surface area (Å²) in [6.45, 7) is 2.84. The fraction of sp³-hybridized carbons (Fsp3) is 0.353. The van der Waals surface area contributed by atoms with Crippen LogP contribution in [-0.2, 0) is 11.2 Å². The van der Waals surface area contributed by atoms with E-state index in [1.165, 1.54) is 5.56 Å². The number of amides is 1. The van der Waals surface area contributed by atoms with Crippen LogP contribution in [-0.4, -0.2) is 12.5 Å². The fourth-order valence-electron chi connectivity index (χ4n) is 2.24. The lowest BCUT2D eigenvalue weighted by molar-refractivity contribution is -0.121. The van der Waals surface area contributed by atoms with Gasteiger partial charge in [-0.15, -0.1) is 0 Å². The Hall–Kier alpha value is -2.03. The van der Waals surface area contributed by atoms with E-state index < -0.39 is 0 Å². The molecular weight excluding hydrogens is 250 g/mol. The maximum absolute atomic E-state index is 11.8. The molecule has 1 N–H and O–H groups in total. The lowest BCUT2D eigenvalue weighted by Gasteiger charge is -2.16. The Morgan fingerprint density at radius 3 is 2.65 bits per heavy atom. The highest BCUT2D eigenvalue weighted by Crippen LogP contribution is 2.17. The van der Waals surface area contributed by atoms with E-state index >= 15 is 0 Å². The summed E-state index contributed by atoms with van der Waals surface area (Å²) in [5.74, 6) is 1.31. The summed E-state index contributed by atoms with van der Waals surface area (Å²) in [4.78, 5) is 11.8. The molecule has 0 saturated heterocycles. The zero-order chi connectivity index (χ0) is 14.2. The average molecular weight is 271 g/mol. The Labute approximate surface area is 120 Å². The van der Waals surface area contributed by atoms with Gasteiger partial charge < -0.3 is 9.73 Å². The lowest BCUT2D eigenvalue weighted by Crippen LogP contribution is -2.28. The van der Waals surface area contributed by atoms with Crippen molar-refractivity contribution in [1.82, 2.24) is 5.32 Å². The van der Waals surface area contributed by atoms with Gasteiger partial charge in [-0.05, 0) is 24.1 Å². The van der Waals surface area contributed by atoms with Gasteiger partial charge in [0.05, 0.1) is 6.26 Å². The lowest BCUT2D eigenvalue weighted by atomic mass is 9.96. The SMILES string of the molecule is CCC(CNC(=O)CCc1ccco1)c1ccccc1. The van der Waals surface area contributed by atoms with Crippen LogP contribution in [0.2, 0.25) is 0 Å². The predicted molar refractivity (Wildman–Crippen MR) is 79.5 cm³/mol. The van der Waals surface area contributed by atoms with Gasteiger partial charge in [-0.1, -0.05) is 37.3 Å². The van der Waals surface area contributed by atoms with Crippen molar-refractivity contribution in [1.29, 1.82) is 0 Å². The molecule has 3 nitrogen and oxygen atoms in total. The minimum Gasteiger partial charge on any atom is -0.469 e. The van der Waals surface area contributed by atoms with Crippen LogP contribution in [0.3, 0.4) is 0 Å². The first-order chi connectivity index (χ1) is 9.79. The van der Waals surface area contributed by atoms with E-state index in [0.717, 1.165) is 12.2 Å². The van der Waals surface area contributed by atoms with Crippen molar-refractivity contribution in [3.05, 3.63) is 60.1 Å². The zero-order valence-electron chi connectivity index (χ0n) is 11.8. The maximum Gasteiger partial charge on any atom is 0.220 e. The van der Waals surface area contributed by atoms with Crippen molar-refractivity contribution < 1.29 is 9.21 Å². The number of aryl methyl sites for hydroxylation is 1. The Kier molecular flexibility index (Phi) is 5.42. The molecule has 1 atom stereocenters. The van der Waals surface area contributed by atoms with Gasteiger partial charge >= 0.3 is 0 Å². The molecule has 0 aliphatic carbocycles. The van der Waals surface area contributed by atoms with Gasteiger partial charge in [-0.3, -0.25) is 4.79 Å². The highest BCUT2D eigenvalue weighted by atomic mass is 16.3. The second kappa shape index (κ2) is 7.53. The van der Waals surface area contributed by atoms with Crippen LogP contribution in [0.25, 0.3) is 0 Å². The largest absolute Gasteiger partial charge is 0.469 e. The number of nitrogens with one attached hydrogen (secondary N) is 1. The summed E-state index contributed by atoms with van der Waals surface area (Å²) in [7, 11) is 0. The van der Waals surface area contributed by atoms with Crippen molar-refractivity contribution in [2.45, 2.75) is 32.1 Å². The van der Waals surface area contributed by atoms with Gasteiger partial charge in [0.2, 0.25) is 5.91 Å². The summed E-state index contributed by atoms with van der Waals surface area (Å²) in [6.07, 6.45) is 3.78. The molecule has 0 aliphatic rings. The maximum atomic E-state index is 11.8. The van der Waals surface area contributed by atoms with Crippen molar-refractivity contribution in [2.24, 2.45) is 0 Å². The predicted octanol–water partition coefficient (Wildman–Crippen LogP) is 3.52. The molecule has 0 saturated carbocycles. The molecule has 2 aromatic rings. The van der Waals surface area contributed by atoms with Crippen molar-refractivity contribution >= 4 is 5.91 Å². The van der Waals surface area contributed by atoms with E-state index in [4.69, 9.17) is 4.42 Å². The van der Waals surface area contributed by atoms with Crippen LogP contribution >= 0.6 is 0 Å². The molecule has 1 aromatic heterocycles. The number of furan rings is 1. The minimum absolute atomic E-state index is 0.0794. The smallest absolute Gasteiger partial charge is 0.220 e. The van der Waals surface area contributed by atoms with Gasteiger partial charge in [0.1, 0.15) is 5.76 Å². The Morgan fingerprint density at radius 1 is 1.20 bits per heavy atom. The third-order valence-electron chi connectivity index (χ3n) is 3.49. The van der Waals surface area contributed by atoms with Gasteiger partial charge in [-0.2, -0.15) is 0 Å². The van der Waals surface area contributed by atoms with E-state index in [0.29, 0.717) is 25.3 Å².